The van der Waals surface area contributed by atoms with E-state index in [2.05, 4.69) is 4.74 Å². The molecule has 0 radical (unpaired) electrons. The minimum Gasteiger partial charge on any atom is -0.405 e. The number of halogens is 3. The summed E-state index contributed by atoms with van der Waals surface area (Å²) in [6.07, 6.45) is -4.79. The number of nitrogens with two attached hydrogens (primary N) is 1. The zero-order valence-corrected chi connectivity index (χ0v) is 10.1. The summed E-state index contributed by atoms with van der Waals surface area (Å²) in [5, 5.41) is 8.90. The quantitative estimate of drug-likeness (QED) is 0.852. The topological polar surface area (TPSA) is 59.0 Å². The van der Waals surface area contributed by atoms with Crippen molar-refractivity contribution in [2.24, 2.45) is 0 Å². The minimum atomic E-state index is -4.79. The molecular formula is C14H9F3N2O. The molecule has 0 aliphatic carbocycles. The third-order valence-corrected chi connectivity index (χ3v) is 2.63. The number of nitrogens with zero attached hydrogens (tertiary/aromatic N) is 1. The number of rotatable bonds is 2. The summed E-state index contributed by atoms with van der Waals surface area (Å²) in [6.45, 7) is 0. The first-order chi connectivity index (χ1) is 9.42. The SMILES string of the molecule is N#Cc1cccc(-c2ccccc2OC(F)(F)F)c1N. The van der Waals surface area contributed by atoms with Crippen molar-refractivity contribution in [2.75, 3.05) is 5.73 Å². The van der Waals surface area contributed by atoms with Crippen LogP contribution in [-0.4, -0.2) is 6.36 Å². The zero-order chi connectivity index (χ0) is 14.8. The average Bonchev–Trinajstić information content (AvgIpc) is 2.38. The summed E-state index contributed by atoms with van der Waals surface area (Å²) in [4.78, 5) is 0. The average molecular weight is 278 g/mol. The molecule has 3 nitrogen and oxygen atoms in total. The van der Waals surface area contributed by atoms with E-state index in [1.165, 1.54) is 30.3 Å². The molecule has 2 N–H and O–H groups in total. The molecule has 0 atom stereocenters. The van der Waals surface area contributed by atoms with Crippen molar-refractivity contribution >= 4 is 5.69 Å². The lowest BCUT2D eigenvalue weighted by Crippen LogP contribution is -2.17. The van der Waals surface area contributed by atoms with Crippen molar-refractivity contribution in [1.82, 2.24) is 0 Å². The first-order valence-corrected chi connectivity index (χ1v) is 5.56. The highest BCUT2D eigenvalue weighted by atomic mass is 19.4. The van der Waals surface area contributed by atoms with Crippen LogP contribution in [0.2, 0.25) is 0 Å². The number of hydrogen-bond acceptors (Lipinski definition) is 3. The molecule has 0 unspecified atom stereocenters. The van der Waals surface area contributed by atoms with E-state index in [1.807, 2.05) is 6.07 Å². The lowest BCUT2D eigenvalue weighted by atomic mass is 10.00. The van der Waals surface area contributed by atoms with E-state index in [9.17, 15) is 13.2 Å². The molecule has 0 saturated heterocycles. The van der Waals surface area contributed by atoms with E-state index in [0.717, 1.165) is 0 Å². The Balaban J connectivity index is 2.57. The Morgan fingerprint density at radius 1 is 1.00 bits per heavy atom. The van der Waals surface area contributed by atoms with Gasteiger partial charge in [-0.2, -0.15) is 5.26 Å². The number of hydrogen-bond donors (Lipinski definition) is 1. The fraction of sp³-hybridized carbons (Fsp3) is 0.0714. The van der Waals surface area contributed by atoms with E-state index in [0.29, 0.717) is 5.56 Å². The Morgan fingerprint density at radius 3 is 2.30 bits per heavy atom. The Kier molecular flexibility index (Phi) is 3.53. The fourth-order valence-electron chi connectivity index (χ4n) is 1.80. The highest BCUT2D eigenvalue weighted by Gasteiger charge is 2.32. The lowest BCUT2D eigenvalue weighted by Gasteiger charge is -2.14. The molecule has 0 spiro atoms. The number of para-hydroxylation sites is 2. The second-order valence-corrected chi connectivity index (χ2v) is 3.92. The van der Waals surface area contributed by atoms with Crippen LogP contribution in [0.5, 0.6) is 5.75 Å². The Morgan fingerprint density at radius 2 is 1.65 bits per heavy atom. The predicted molar refractivity (Wildman–Crippen MR) is 67.7 cm³/mol. The van der Waals surface area contributed by atoms with Gasteiger partial charge in [0.15, 0.2) is 0 Å². The molecule has 102 valence electrons. The molecule has 0 aliphatic heterocycles. The first-order valence-electron chi connectivity index (χ1n) is 5.56. The molecule has 20 heavy (non-hydrogen) atoms. The standard InChI is InChI=1S/C14H9F3N2O/c15-14(16,17)20-12-7-2-1-5-10(12)11-6-3-4-9(8-18)13(11)19/h1-7H,19H2. The van der Waals surface area contributed by atoms with Gasteiger partial charge in [0.05, 0.1) is 11.3 Å². The molecule has 0 bridgehead atoms. The van der Waals surface area contributed by atoms with Crippen LogP contribution in [0.4, 0.5) is 18.9 Å². The van der Waals surface area contributed by atoms with E-state index >= 15 is 0 Å². The van der Waals surface area contributed by atoms with Crippen LogP contribution in [0.15, 0.2) is 42.5 Å². The van der Waals surface area contributed by atoms with E-state index in [4.69, 9.17) is 11.0 Å². The number of benzene rings is 2. The summed E-state index contributed by atoms with van der Waals surface area (Å²) in [5.74, 6) is -0.359. The molecule has 0 saturated carbocycles. The van der Waals surface area contributed by atoms with Crippen LogP contribution in [-0.2, 0) is 0 Å². The summed E-state index contributed by atoms with van der Waals surface area (Å²) < 4.78 is 41.1. The van der Waals surface area contributed by atoms with Crippen LogP contribution in [0.25, 0.3) is 11.1 Å². The van der Waals surface area contributed by atoms with Gasteiger partial charge in [-0.05, 0) is 12.1 Å². The molecule has 6 heteroatoms. The monoisotopic (exact) mass is 278 g/mol. The zero-order valence-electron chi connectivity index (χ0n) is 10.1. The van der Waals surface area contributed by atoms with Gasteiger partial charge >= 0.3 is 6.36 Å². The number of alkyl halides is 3. The molecule has 0 aliphatic rings. The number of ether oxygens (including phenoxy) is 1. The highest BCUT2D eigenvalue weighted by Crippen LogP contribution is 2.37. The van der Waals surface area contributed by atoms with Crippen molar-refractivity contribution in [3.8, 4) is 22.9 Å². The largest absolute Gasteiger partial charge is 0.573 e. The molecular weight excluding hydrogens is 269 g/mol. The molecule has 2 aromatic carbocycles. The Bertz CT molecular complexity index is 675. The molecule has 2 rings (SSSR count). The van der Waals surface area contributed by atoms with Crippen LogP contribution >= 0.6 is 0 Å². The second-order valence-electron chi connectivity index (χ2n) is 3.92. The van der Waals surface area contributed by atoms with Gasteiger partial charge in [0.1, 0.15) is 11.8 Å². The third-order valence-electron chi connectivity index (χ3n) is 2.63. The van der Waals surface area contributed by atoms with Crippen LogP contribution in [0.1, 0.15) is 5.56 Å². The summed E-state index contributed by atoms with van der Waals surface area (Å²) >= 11 is 0. The van der Waals surface area contributed by atoms with Gasteiger partial charge in [-0.25, -0.2) is 0 Å². The van der Waals surface area contributed by atoms with Crippen molar-refractivity contribution < 1.29 is 17.9 Å². The Hall–Kier alpha value is -2.68. The van der Waals surface area contributed by atoms with Gasteiger partial charge in [0, 0.05) is 11.1 Å². The maximum atomic E-state index is 12.4. The van der Waals surface area contributed by atoms with Gasteiger partial charge in [-0.15, -0.1) is 13.2 Å². The number of nitriles is 1. The lowest BCUT2D eigenvalue weighted by molar-refractivity contribution is -0.274. The minimum absolute atomic E-state index is 0.119. The summed E-state index contributed by atoms with van der Waals surface area (Å²) in [6, 6.07) is 12.1. The Labute approximate surface area is 113 Å². The number of nitrogen functional groups attached to an aromatic ring is 1. The molecule has 0 fully saturated rings. The number of anilines is 1. The third kappa shape index (κ3) is 2.83. The van der Waals surface area contributed by atoms with Crippen LogP contribution in [0.3, 0.4) is 0 Å². The van der Waals surface area contributed by atoms with Gasteiger partial charge in [0.25, 0.3) is 0 Å². The second kappa shape index (κ2) is 5.13. The molecule has 0 heterocycles. The summed E-state index contributed by atoms with van der Waals surface area (Å²) in [7, 11) is 0. The van der Waals surface area contributed by atoms with Gasteiger partial charge in [-0.3, -0.25) is 0 Å². The first kappa shape index (κ1) is 13.7. The molecule has 2 aromatic rings. The van der Waals surface area contributed by atoms with Crippen molar-refractivity contribution in [1.29, 1.82) is 5.26 Å². The van der Waals surface area contributed by atoms with E-state index in [-0.39, 0.29) is 22.6 Å². The molecule has 0 amide bonds. The highest BCUT2D eigenvalue weighted by molar-refractivity contribution is 5.83. The fourth-order valence-corrected chi connectivity index (χ4v) is 1.80. The van der Waals surface area contributed by atoms with Gasteiger partial charge in [-0.1, -0.05) is 30.3 Å². The van der Waals surface area contributed by atoms with Crippen molar-refractivity contribution in [3.63, 3.8) is 0 Å². The van der Waals surface area contributed by atoms with E-state index in [1.54, 1.807) is 12.1 Å². The maximum absolute atomic E-state index is 12.4. The van der Waals surface area contributed by atoms with Gasteiger partial charge in [0.2, 0.25) is 0 Å². The van der Waals surface area contributed by atoms with Crippen molar-refractivity contribution in [2.45, 2.75) is 6.36 Å². The van der Waals surface area contributed by atoms with Crippen molar-refractivity contribution in [3.05, 3.63) is 48.0 Å². The van der Waals surface area contributed by atoms with Crippen LogP contribution in [0, 0.1) is 11.3 Å². The summed E-state index contributed by atoms with van der Waals surface area (Å²) in [5.41, 5.74) is 6.62. The normalized spacial score (nSPS) is 10.9. The predicted octanol–water partition coefficient (Wildman–Crippen LogP) is 3.71. The van der Waals surface area contributed by atoms with Gasteiger partial charge < -0.3 is 10.5 Å². The molecule has 0 aromatic heterocycles. The smallest absolute Gasteiger partial charge is 0.405 e. The van der Waals surface area contributed by atoms with E-state index < -0.39 is 6.36 Å². The maximum Gasteiger partial charge on any atom is 0.573 e. The van der Waals surface area contributed by atoms with Crippen LogP contribution < -0.4 is 10.5 Å².